The van der Waals surface area contributed by atoms with E-state index < -0.39 is 5.60 Å². The molecule has 6 heterocycles. The van der Waals surface area contributed by atoms with E-state index in [4.69, 9.17) is 14.8 Å². The minimum atomic E-state index is -0.486. The molecule has 3 aliphatic heterocycles. The molecule has 34 heavy (non-hydrogen) atoms. The molecule has 4 aliphatic rings. The molecular weight excluding hydrogens is 426 g/mol. The van der Waals surface area contributed by atoms with Gasteiger partial charge in [0.15, 0.2) is 17.3 Å². The Morgan fingerprint density at radius 1 is 1.09 bits per heavy atom. The topological polar surface area (TPSA) is 84.2 Å². The first-order valence-corrected chi connectivity index (χ1v) is 12.2. The van der Waals surface area contributed by atoms with E-state index in [0.717, 1.165) is 60.7 Å². The van der Waals surface area contributed by atoms with Crippen molar-refractivity contribution in [2.45, 2.75) is 45.1 Å². The third-order valence-electron chi connectivity index (χ3n) is 7.42. The van der Waals surface area contributed by atoms with Crippen LogP contribution in [0.4, 0.5) is 5.69 Å². The number of H-pyrrole nitrogens is 1. The molecule has 4 fully saturated rings. The van der Waals surface area contributed by atoms with Crippen LogP contribution in [-0.2, 0) is 10.3 Å². The number of aryl methyl sites for hydroxylation is 2. The first-order chi connectivity index (χ1) is 16.5. The van der Waals surface area contributed by atoms with Crippen LogP contribution in [0.15, 0.2) is 48.7 Å². The van der Waals surface area contributed by atoms with Gasteiger partial charge in [0.25, 0.3) is 0 Å². The summed E-state index contributed by atoms with van der Waals surface area (Å²) in [7, 11) is 0. The van der Waals surface area contributed by atoms with E-state index >= 15 is 0 Å². The molecule has 0 radical (unpaired) electrons. The van der Waals surface area contributed by atoms with E-state index in [9.17, 15) is 0 Å². The Balaban J connectivity index is 0.000000318. The largest absolute Gasteiger partial charge is 0.370 e. The van der Waals surface area contributed by atoms with E-state index in [1.807, 2.05) is 47.8 Å². The number of nitrogens with zero attached hydrogens (tertiary/aromatic N) is 6. The van der Waals surface area contributed by atoms with E-state index in [0.29, 0.717) is 5.92 Å². The van der Waals surface area contributed by atoms with Gasteiger partial charge in [0.2, 0.25) is 0 Å². The van der Waals surface area contributed by atoms with Crippen LogP contribution in [0.3, 0.4) is 0 Å². The van der Waals surface area contributed by atoms with E-state index in [-0.39, 0.29) is 5.92 Å². The molecule has 4 atom stereocenters. The summed E-state index contributed by atoms with van der Waals surface area (Å²) in [6.45, 7) is 9.29. The van der Waals surface area contributed by atoms with Gasteiger partial charge in [0.05, 0.1) is 24.4 Å². The summed E-state index contributed by atoms with van der Waals surface area (Å²) in [5, 5.41) is 12.3. The fourth-order valence-electron chi connectivity index (χ4n) is 5.67. The number of aromatic nitrogens is 6. The van der Waals surface area contributed by atoms with Crippen LogP contribution in [0.25, 0.3) is 5.65 Å². The zero-order valence-corrected chi connectivity index (χ0v) is 20.0. The van der Waals surface area contributed by atoms with Gasteiger partial charge in [-0.1, -0.05) is 43.3 Å². The third kappa shape index (κ3) is 3.48. The predicted octanol–water partition coefficient (Wildman–Crippen LogP) is 4.03. The first kappa shape index (κ1) is 21.3. The Hall–Kier alpha value is -3.26. The molecule has 1 aliphatic carbocycles. The van der Waals surface area contributed by atoms with Crippen LogP contribution in [0.1, 0.15) is 48.7 Å². The van der Waals surface area contributed by atoms with Gasteiger partial charge in [0, 0.05) is 13.1 Å². The summed E-state index contributed by atoms with van der Waals surface area (Å²) in [6.07, 6.45) is 4.30. The SMILES string of the molecule is Cc1nc(C2C3COC2(c2nc4c(C)cc(N5CCC(C)C5)cn4n2)C3)n[nH]1.c1ccccc1. The normalized spacial score (nSPS) is 27.5. The quantitative estimate of drug-likeness (QED) is 0.500. The molecule has 8 nitrogen and oxygen atoms in total. The van der Waals surface area contributed by atoms with E-state index in [1.54, 1.807) is 0 Å². The van der Waals surface area contributed by atoms with Gasteiger partial charge >= 0.3 is 0 Å². The van der Waals surface area contributed by atoms with Gasteiger partial charge < -0.3 is 9.64 Å². The highest BCUT2D eigenvalue weighted by molar-refractivity contribution is 5.57. The van der Waals surface area contributed by atoms with E-state index in [2.05, 4.69) is 46.2 Å². The van der Waals surface area contributed by atoms with Crippen LogP contribution < -0.4 is 4.90 Å². The van der Waals surface area contributed by atoms with Crippen LogP contribution in [-0.4, -0.2) is 49.5 Å². The number of pyridine rings is 1. The predicted molar refractivity (Wildman–Crippen MR) is 130 cm³/mol. The van der Waals surface area contributed by atoms with Crippen molar-refractivity contribution >= 4 is 11.3 Å². The maximum Gasteiger partial charge on any atom is 0.184 e. The number of hydrogen-bond donors (Lipinski definition) is 1. The summed E-state index contributed by atoms with van der Waals surface area (Å²) < 4.78 is 8.19. The fraction of sp³-hybridized carbons (Fsp3) is 0.462. The Kier molecular flexibility index (Phi) is 5.13. The molecule has 8 rings (SSSR count). The zero-order valence-electron chi connectivity index (χ0n) is 20.0. The minimum Gasteiger partial charge on any atom is -0.370 e. The molecule has 4 unspecified atom stereocenters. The van der Waals surface area contributed by atoms with Crippen molar-refractivity contribution in [2.24, 2.45) is 11.8 Å². The molecule has 1 saturated carbocycles. The number of fused-ring (bicyclic) bond motifs is 2. The number of hydrogen-bond acceptors (Lipinski definition) is 6. The smallest absolute Gasteiger partial charge is 0.184 e. The summed E-state index contributed by atoms with van der Waals surface area (Å²) in [5.74, 6) is 3.75. The van der Waals surface area contributed by atoms with E-state index in [1.165, 1.54) is 12.1 Å². The summed E-state index contributed by atoms with van der Waals surface area (Å²) >= 11 is 0. The average Bonchev–Trinajstić information content (AvgIpc) is 3.64. The van der Waals surface area contributed by atoms with Gasteiger partial charge in [-0.3, -0.25) is 5.10 Å². The van der Waals surface area contributed by atoms with Crippen molar-refractivity contribution in [3.05, 3.63) is 71.7 Å². The van der Waals surface area contributed by atoms with Crippen molar-refractivity contribution in [1.82, 2.24) is 29.8 Å². The number of rotatable bonds is 3. The maximum atomic E-state index is 6.25. The van der Waals surface area contributed by atoms with Gasteiger partial charge in [-0.25, -0.2) is 14.5 Å². The second-order valence-electron chi connectivity index (χ2n) is 10.0. The fourth-order valence-corrected chi connectivity index (χ4v) is 5.67. The van der Waals surface area contributed by atoms with Crippen molar-refractivity contribution in [2.75, 3.05) is 24.6 Å². The second-order valence-corrected chi connectivity index (χ2v) is 10.0. The molecule has 3 aromatic heterocycles. The third-order valence-corrected chi connectivity index (χ3v) is 7.42. The molecule has 8 heteroatoms. The molecule has 0 amide bonds. The molecule has 176 valence electrons. The molecule has 2 bridgehead atoms. The summed E-state index contributed by atoms with van der Waals surface area (Å²) in [5.41, 5.74) is 2.79. The number of nitrogens with one attached hydrogen (secondary N) is 1. The summed E-state index contributed by atoms with van der Waals surface area (Å²) in [4.78, 5) is 11.9. The number of benzene rings is 1. The number of aromatic amines is 1. The molecule has 4 aromatic rings. The van der Waals surface area contributed by atoms with Crippen molar-refractivity contribution in [3.63, 3.8) is 0 Å². The number of ether oxygens (including phenoxy) is 1. The lowest BCUT2D eigenvalue weighted by atomic mass is 9.63. The Morgan fingerprint density at radius 2 is 1.85 bits per heavy atom. The molecule has 1 aromatic carbocycles. The lowest BCUT2D eigenvalue weighted by Crippen LogP contribution is -2.44. The standard InChI is InChI=1S/C20H25N7O.C6H6/c1-11-4-5-26(8-11)15-6-12(2)18-22-19(25-27(18)9-15)20-7-14(10-28-20)16(20)17-21-13(3)23-24-17;1-2-4-6-5-3-1/h6,9,11,14,16H,4-5,7-8,10H2,1-3H3,(H,21,23,24);1-6H. The Morgan fingerprint density at radius 3 is 2.47 bits per heavy atom. The molecule has 1 N–H and O–H groups in total. The van der Waals surface area contributed by atoms with Crippen molar-refractivity contribution in [1.29, 1.82) is 0 Å². The van der Waals surface area contributed by atoms with Crippen molar-refractivity contribution in [3.8, 4) is 0 Å². The van der Waals surface area contributed by atoms with Gasteiger partial charge in [-0.05, 0) is 50.2 Å². The molecule has 0 spiro atoms. The van der Waals surface area contributed by atoms with Gasteiger partial charge in [-0.15, -0.1) is 5.10 Å². The van der Waals surface area contributed by atoms with Crippen LogP contribution in [0.2, 0.25) is 0 Å². The van der Waals surface area contributed by atoms with Crippen molar-refractivity contribution < 1.29 is 4.74 Å². The number of anilines is 1. The zero-order chi connectivity index (χ0) is 23.3. The Labute approximate surface area is 199 Å². The first-order valence-electron chi connectivity index (χ1n) is 12.2. The molecular formula is C26H31N7O. The van der Waals surface area contributed by atoms with Gasteiger partial charge in [-0.2, -0.15) is 5.10 Å². The Bertz CT molecular complexity index is 1270. The average molecular weight is 458 g/mol. The lowest BCUT2D eigenvalue weighted by molar-refractivity contribution is -0.0344. The van der Waals surface area contributed by atoms with Crippen LogP contribution >= 0.6 is 0 Å². The van der Waals surface area contributed by atoms with Crippen LogP contribution in [0.5, 0.6) is 0 Å². The van der Waals surface area contributed by atoms with Gasteiger partial charge in [0.1, 0.15) is 11.4 Å². The second kappa shape index (κ2) is 8.20. The highest BCUT2D eigenvalue weighted by atomic mass is 16.5. The molecule has 3 saturated heterocycles. The monoisotopic (exact) mass is 457 g/mol. The highest BCUT2D eigenvalue weighted by Crippen LogP contribution is 2.63. The highest BCUT2D eigenvalue weighted by Gasteiger charge is 2.66. The van der Waals surface area contributed by atoms with Crippen LogP contribution in [0, 0.1) is 25.7 Å². The lowest BCUT2D eigenvalue weighted by Gasteiger charge is -2.41. The maximum absolute atomic E-state index is 6.25. The minimum absolute atomic E-state index is 0.133. The summed E-state index contributed by atoms with van der Waals surface area (Å²) in [6, 6.07) is 14.2.